The van der Waals surface area contributed by atoms with Crippen molar-refractivity contribution in [3.63, 3.8) is 0 Å². The number of benzene rings is 1. The lowest BCUT2D eigenvalue weighted by atomic mass is 9.87. The van der Waals surface area contributed by atoms with E-state index in [1.54, 1.807) is 12.1 Å². The maximum Gasteiger partial charge on any atom is 0.158 e. The molecule has 2 aliphatic rings. The molecule has 0 aromatic heterocycles. The van der Waals surface area contributed by atoms with Gasteiger partial charge in [0.2, 0.25) is 0 Å². The van der Waals surface area contributed by atoms with Gasteiger partial charge in [0, 0.05) is 24.1 Å². The largest absolute Gasteiger partial charge is 0.508 e. The van der Waals surface area contributed by atoms with E-state index in [0.29, 0.717) is 19.6 Å². The lowest BCUT2D eigenvalue weighted by molar-refractivity contribution is 0.200. The van der Waals surface area contributed by atoms with Crippen LogP contribution in [0.25, 0.3) is 0 Å². The Morgan fingerprint density at radius 2 is 1.95 bits per heavy atom. The SMILES string of the molecule is O=S1(=O)CCN(Cc2cc(O)ccc2Br)CC12CCCCC2. The summed E-state index contributed by atoms with van der Waals surface area (Å²) in [6, 6.07) is 5.24. The molecule has 0 unspecified atom stereocenters. The lowest BCUT2D eigenvalue weighted by Gasteiger charge is -2.44. The molecule has 1 aromatic rings. The summed E-state index contributed by atoms with van der Waals surface area (Å²) in [7, 11) is -2.99. The van der Waals surface area contributed by atoms with Gasteiger partial charge in [-0.3, -0.25) is 4.90 Å². The molecule has 22 heavy (non-hydrogen) atoms. The van der Waals surface area contributed by atoms with Gasteiger partial charge in [-0.2, -0.15) is 0 Å². The Balaban J connectivity index is 1.80. The van der Waals surface area contributed by atoms with Crippen molar-refractivity contribution in [3.05, 3.63) is 28.2 Å². The van der Waals surface area contributed by atoms with E-state index in [9.17, 15) is 13.5 Å². The molecule has 1 saturated carbocycles. The van der Waals surface area contributed by atoms with E-state index < -0.39 is 14.6 Å². The number of phenolic OH excluding ortho intramolecular Hbond substituents is 1. The van der Waals surface area contributed by atoms with Crippen molar-refractivity contribution >= 4 is 25.8 Å². The Labute approximate surface area is 140 Å². The second-order valence-electron chi connectivity index (χ2n) is 6.55. The molecule has 0 amide bonds. The maximum atomic E-state index is 12.6. The van der Waals surface area contributed by atoms with E-state index in [4.69, 9.17) is 0 Å². The van der Waals surface area contributed by atoms with Crippen molar-refractivity contribution in [2.75, 3.05) is 18.8 Å². The van der Waals surface area contributed by atoms with E-state index in [-0.39, 0.29) is 11.5 Å². The van der Waals surface area contributed by atoms with Crippen LogP contribution in [0.3, 0.4) is 0 Å². The molecular weight excluding hydrogens is 366 g/mol. The summed E-state index contributed by atoms with van der Waals surface area (Å²) in [4.78, 5) is 2.23. The van der Waals surface area contributed by atoms with Crippen molar-refractivity contribution in [1.29, 1.82) is 0 Å². The summed E-state index contributed by atoms with van der Waals surface area (Å²) >= 11 is 3.51. The van der Waals surface area contributed by atoms with Gasteiger partial charge in [0.05, 0.1) is 10.5 Å². The monoisotopic (exact) mass is 387 g/mol. The van der Waals surface area contributed by atoms with E-state index in [1.165, 1.54) is 0 Å². The number of sulfone groups is 1. The zero-order valence-corrected chi connectivity index (χ0v) is 15.0. The van der Waals surface area contributed by atoms with Crippen LogP contribution in [0.5, 0.6) is 5.75 Å². The molecule has 0 bridgehead atoms. The van der Waals surface area contributed by atoms with Crippen LogP contribution in [0.15, 0.2) is 22.7 Å². The van der Waals surface area contributed by atoms with Crippen LogP contribution in [-0.4, -0.2) is 42.0 Å². The summed E-state index contributed by atoms with van der Waals surface area (Å²) in [5.41, 5.74) is 1.00. The highest BCUT2D eigenvalue weighted by Crippen LogP contribution is 2.39. The van der Waals surface area contributed by atoms with Gasteiger partial charge in [0.25, 0.3) is 0 Å². The molecule has 1 heterocycles. The third-order valence-corrected chi connectivity index (χ3v) is 8.39. The topological polar surface area (TPSA) is 57.6 Å². The molecular formula is C16H22BrNO3S. The average molecular weight is 388 g/mol. The molecule has 1 aliphatic carbocycles. The van der Waals surface area contributed by atoms with Crippen molar-refractivity contribution < 1.29 is 13.5 Å². The molecule has 1 aliphatic heterocycles. The Kier molecular flexibility index (Phi) is 4.54. The summed E-state index contributed by atoms with van der Waals surface area (Å²) in [5.74, 6) is 0.499. The fourth-order valence-corrected chi connectivity index (χ4v) is 6.37. The van der Waals surface area contributed by atoms with Crippen molar-refractivity contribution in [2.45, 2.75) is 43.4 Å². The van der Waals surface area contributed by atoms with Crippen LogP contribution in [-0.2, 0) is 16.4 Å². The Morgan fingerprint density at radius 1 is 1.23 bits per heavy atom. The summed E-state index contributed by atoms with van der Waals surface area (Å²) < 4.78 is 25.6. The van der Waals surface area contributed by atoms with Gasteiger partial charge in [-0.1, -0.05) is 35.2 Å². The van der Waals surface area contributed by atoms with Gasteiger partial charge < -0.3 is 5.11 Å². The molecule has 1 spiro atoms. The number of hydrogen-bond donors (Lipinski definition) is 1. The highest BCUT2D eigenvalue weighted by Gasteiger charge is 2.48. The minimum Gasteiger partial charge on any atom is -0.508 e. The summed E-state index contributed by atoms with van der Waals surface area (Å²) in [5, 5.41) is 9.66. The van der Waals surface area contributed by atoms with Gasteiger partial charge in [-0.05, 0) is 36.6 Å². The molecule has 2 fully saturated rings. The van der Waals surface area contributed by atoms with Crippen molar-refractivity contribution in [2.24, 2.45) is 0 Å². The molecule has 1 N–H and O–H groups in total. The Hall–Kier alpha value is -0.590. The standard InChI is InChI=1S/C16H22BrNO3S/c17-15-5-4-14(19)10-13(15)11-18-8-9-22(20,21)16(12-18)6-2-1-3-7-16/h4-5,10,19H,1-3,6-9,11-12H2. The lowest BCUT2D eigenvalue weighted by Crippen LogP contribution is -2.56. The van der Waals surface area contributed by atoms with E-state index in [2.05, 4.69) is 20.8 Å². The molecule has 122 valence electrons. The Bertz CT molecular complexity index is 653. The zero-order chi connectivity index (χ0) is 15.8. The number of aromatic hydroxyl groups is 1. The fourth-order valence-electron chi connectivity index (χ4n) is 3.77. The van der Waals surface area contributed by atoms with Gasteiger partial charge >= 0.3 is 0 Å². The minimum absolute atomic E-state index is 0.246. The van der Waals surface area contributed by atoms with Crippen LogP contribution in [0, 0.1) is 0 Å². The number of halogens is 1. The van der Waals surface area contributed by atoms with Crippen LogP contribution < -0.4 is 0 Å². The predicted octanol–water partition coefficient (Wildman–Crippen LogP) is 3.09. The van der Waals surface area contributed by atoms with Crippen molar-refractivity contribution in [3.8, 4) is 5.75 Å². The van der Waals surface area contributed by atoms with Gasteiger partial charge in [-0.25, -0.2) is 8.42 Å². The fraction of sp³-hybridized carbons (Fsp3) is 0.625. The normalized spacial score (nSPS) is 24.4. The molecule has 1 saturated heterocycles. The van der Waals surface area contributed by atoms with Gasteiger partial charge in [-0.15, -0.1) is 0 Å². The van der Waals surface area contributed by atoms with E-state index in [0.717, 1.165) is 42.1 Å². The quantitative estimate of drug-likeness (QED) is 0.846. The molecule has 3 rings (SSSR count). The molecule has 1 aromatic carbocycles. The number of phenols is 1. The third-order valence-electron chi connectivity index (χ3n) is 5.04. The second kappa shape index (κ2) is 6.13. The first kappa shape index (κ1) is 16.3. The highest BCUT2D eigenvalue weighted by atomic mass is 79.9. The van der Waals surface area contributed by atoms with Crippen LogP contribution in [0.4, 0.5) is 0 Å². The summed E-state index contributed by atoms with van der Waals surface area (Å²) in [6.45, 7) is 1.87. The minimum atomic E-state index is -2.99. The highest BCUT2D eigenvalue weighted by molar-refractivity contribution is 9.10. The molecule has 0 radical (unpaired) electrons. The molecule has 0 atom stereocenters. The van der Waals surface area contributed by atoms with Crippen molar-refractivity contribution in [1.82, 2.24) is 4.90 Å². The third kappa shape index (κ3) is 3.05. The molecule has 6 heteroatoms. The second-order valence-corrected chi connectivity index (χ2v) is 9.91. The smallest absolute Gasteiger partial charge is 0.158 e. The number of hydrogen-bond acceptors (Lipinski definition) is 4. The van der Waals surface area contributed by atoms with E-state index >= 15 is 0 Å². The maximum absolute atomic E-state index is 12.6. The first-order chi connectivity index (χ1) is 10.4. The predicted molar refractivity (Wildman–Crippen MR) is 90.7 cm³/mol. The Morgan fingerprint density at radius 3 is 2.68 bits per heavy atom. The first-order valence-electron chi connectivity index (χ1n) is 7.84. The van der Waals surface area contributed by atoms with Crippen LogP contribution in [0.2, 0.25) is 0 Å². The van der Waals surface area contributed by atoms with Crippen LogP contribution in [0.1, 0.15) is 37.7 Å². The van der Waals surface area contributed by atoms with Gasteiger partial charge in [0.15, 0.2) is 9.84 Å². The van der Waals surface area contributed by atoms with Crippen LogP contribution >= 0.6 is 15.9 Å². The zero-order valence-electron chi connectivity index (χ0n) is 12.6. The van der Waals surface area contributed by atoms with E-state index in [1.807, 2.05) is 6.07 Å². The number of rotatable bonds is 2. The van der Waals surface area contributed by atoms with Gasteiger partial charge in [0.1, 0.15) is 5.75 Å². The summed E-state index contributed by atoms with van der Waals surface area (Å²) in [6.07, 6.45) is 4.78. The first-order valence-corrected chi connectivity index (χ1v) is 10.3. The average Bonchev–Trinajstić information content (AvgIpc) is 2.48. The molecule has 4 nitrogen and oxygen atoms in total. The number of nitrogens with zero attached hydrogens (tertiary/aromatic N) is 1.